The Morgan fingerprint density at radius 3 is 1.64 bits per heavy atom. The molecule has 1 rings (SSSR count). The SMILES string of the molecule is CCCCOC(=O)/C=C1\CCCC\C1=C/C(=O)OCCCC. The van der Waals surface area contributed by atoms with Gasteiger partial charge in [-0.3, -0.25) is 0 Å². The first-order valence-corrected chi connectivity index (χ1v) is 8.42. The molecule has 1 saturated carbocycles. The average molecular weight is 308 g/mol. The number of carbonyl (C=O) groups is 2. The fraction of sp³-hybridized carbons (Fsp3) is 0.667. The van der Waals surface area contributed by atoms with E-state index in [0.29, 0.717) is 13.2 Å². The molecule has 1 aliphatic carbocycles. The molecule has 0 spiro atoms. The Balaban J connectivity index is 2.61. The van der Waals surface area contributed by atoms with Gasteiger partial charge in [-0.05, 0) is 49.7 Å². The van der Waals surface area contributed by atoms with Gasteiger partial charge >= 0.3 is 11.9 Å². The Morgan fingerprint density at radius 2 is 1.27 bits per heavy atom. The summed E-state index contributed by atoms with van der Waals surface area (Å²) < 4.78 is 10.3. The first kappa shape index (κ1) is 18.5. The van der Waals surface area contributed by atoms with Crippen molar-refractivity contribution in [3.05, 3.63) is 23.3 Å². The number of unbranched alkanes of at least 4 members (excludes halogenated alkanes) is 2. The lowest BCUT2D eigenvalue weighted by molar-refractivity contribution is -0.139. The number of ether oxygens (including phenoxy) is 2. The Morgan fingerprint density at radius 1 is 0.864 bits per heavy atom. The predicted octanol–water partition coefficient (Wildman–Crippen LogP) is 4.10. The van der Waals surface area contributed by atoms with E-state index in [1.54, 1.807) is 12.2 Å². The van der Waals surface area contributed by atoms with Crippen LogP contribution in [0.2, 0.25) is 0 Å². The van der Waals surface area contributed by atoms with E-state index in [4.69, 9.17) is 9.47 Å². The van der Waals surface area contributed by atoms with E-state index in [2.05, 4.69) is 13.8 Å². The lowest BCUT2D eigenvalue weighted by atomic mass is 9.89. The number of allylic oxidation sites excluding steroid dienone is 2. The Kier molecular flexibility index (Phi) is 9.28. The van der Waals surface area contributed by atoms with Crippen molar-refractivity contribution < 1.29 is 19.1 Å². The van der Waals surface area contributed by atoms with Crippen LogP contribution in [-0.4, -0.2) is 25.2 Å². The summed E-state index contributed by atoms with van der Waals surface area (Å²) in [4.78, 5) is 23.6. The van der Waals surface area contributed by atoms with Crippen molar-refractivity contribution in [2.75, 3.05) is 13.2 Å². The molecule has 0 aromatic heterocycles. The highest BCUT2D eigenvalue weighted by atomic mass is 16.5. The van der Waals surface area contributed by atoms with Gasteiger partial charge in [0, 0.05) is 12.2 Å². The molecule has 0 N–H and O–H groups in total. The molecule has 1 aliphatic rings. The molecular weight excluding hydrogens is 280 g/mol. The van der Waals surface area contributed by atoms with Gasteiger partial charge < -0.3 is 9.47 Å². The van der Waals surface area contributed by atoms with Gasteiger partial charge in [-0.15, -0.1) is 0 Å². The monoisotopic (exact) mass is 308 g/mol. The van der Waals surface area contributed by atoms with Crippen LogP contribution in [0.4, 0.5) is 0 Å². The van der Waals surface area contributed by atoms with E-state index >= 15 is 0 Å². The smallest absolute Gasteiger partial charge is 0.331 e. The maximum Gasteiger partial charge on any atom is 0.331 e. The van der Waals surface area contributed by atoms with Crippen LogP contribution in [0.1, 0.15) is 65.2 Å². The maximum absolute atomic E-state index is 11.8. The standard InChI is InChI=1S/C18H28O4/c1-3-5-11-21-17(19)13-15-9-7-8-10-16(15)14-18(20)22-12-6-4-2/h13-14H,3-12H2,1-2H3/b15-13+,16-14+. The fourth-order valence-corrected chi connectivity index (χ4v) is 2.28. The highest BCUT2D eigenvalue weighted by Gasteiger charge is 2.15. The third-order valence-corrected chi connectivity index (χ3v) is 3.62. The maximum atomic E-state index is 11.8. The quantitative estimate of drug-likeness (QED) is 0.385. The van der Waals surface area contributed by atoms with Crippen LogP contribution in [-0.2, 0) is 19.1 Å². The minimum Gasteiger partial charge on any atom is -0.463 e. The van der Waals surface area contributed by atoms with Gasteiger partial charge in [-0.25, -0.2) is 9.59 Å². The first-order chi connectivity index (χ1) is 10.7. The third-order valence-electron chi connectivity index (χ3n) is 3.62. The molecule has 0 heterocycles. The highest BCUT2D eigenvalue weighted by Crippen LogP contribution is 2.28. The number of hydrogen-bond donors (Lipinski definition) is 0. The number of rotatable bonds is 8. The molecule has 0 unspecified atom stereocenters. The van der Waals surface area contributed by atoms with Gasteiger partial charge in [0.2, 0.25) is 0 Å². The number of esters is 2. The second-order valence-corrected chi connectivity index (χ2v) is 5.59. The van der Waals surface area contributed by atoms with Crippen LogP contribution in [0, 0.1) is 0 Å². The molecule has 0 radical (unpaired) electrons. The molecule has 0 amide bonds. The minimum absolute atomic E-state index is 0.310. The summed E-state index contributed by atoms with van der Waals surface area (Å²) in [5.41, 5.74) is 1.83. The molecule has 0 aromatic rings. The van der Waals surface area contributed by atoms with Gasteiger partial charge in [-0.1, -0.05) is 26.7 Å². The molecule has 0 aromatic carbocycles. The van der Waals surface area contributed by atoms with E-state index in [1.807, 2.05) is 0 Å². The van der Waals surface area contributed by atoms with Gasteiger partial charge in [0.1, 0.15) is 0 Å². The lowest BCUT2D eigenvalue weighted by Gasteiger charge is -2.17. The second kappa shape index (κ2) is 11.0. The molecular formula is C18H28O4. The first-order valence-electron chi connectivity index (χ1n) is 8.42. The van der Waals surface area contributed by atoms with Crippen LogP contribution >= 0.6 is 0 Å². The summed E-state index contributed by atoms with van der Waals surface area (Å²) in [5.74, 6) is -0.619. The zero-order valence-electron chi connectivity index (χ0n) is 13.9. The lowest BCUT2D eigenvalue weighted by Crippen LogP contribution is -2.09. The zero-order valence-corrected chi connectivity index (χ0v) is 13.9. The summed E-state index contributed by atoms with van der Waals surface area (Å²) in [6, 6.07) is 0. The van der Waals surface area contributed by atoms with E-state index in [0.717, 1.165) is 62.5 Å². The summed E-state index contributed by atoms with van der Waals surface area (Å²) in [6.45, 7) is 5.02. The molecule has 0 bridgehead atoms. The van der Waals surface area contributed by atoms with Gasteiger partial charge in [0.05, 0.1) is 13.2 Å². The summed E-state index contributed by atoms with van der Waals surface area (Å²) in [7, 11) is 0. The largest absolute Gasteiger partial charge is 0.463 e. The summed E-state index contributed by atoms with van der Waals surface area (Å²) >= 11 is 0. The molecule has 0 saturated heterocycles. The van der Waals surface area contributed by atoms with Crippen LogP contribution < -0.4 is 0 Å². The topological polar surface area (TPSA) is 52.6 Å². The minimum atomic E-state index is -0.310. The van der Waals surface area contributed by atoms with Crippen LogP contribution in [0.5, 0.6) is 0 Å². The van der Waals surface area contributed by atoms with Crippen LogP contribution in [0.3, 0.4) is 0 Å². The van der Waals surface area contributed by atoms with Crippen molar-refractivity contribution in [3.8, 4) is 0 Å². The second-order valence-electron chi connectivity index (χ2n) is 5.59. The van der Waals surface area contributed by atoms with Crippen molar-refractivity contribution in [3.63, 3.8) is 0 Å². The summed E-state index contributed by atoms with van der Waals surface area (Å²) in [6.07, 6.45) is 10.5. The van der Waals surface area contributed by atoms with Gasteiger partial charge in [-0.2, -0.15) is 0 Å². The third kappa shape index (κ3) is 7.43. The van der Waals surface area contributed by atoms with Gasteiger partial charge in [0.25, 0.3) is 0 Å². The van der Waals surface area contributed by atoms with E-state index in [-0.39, 0.29) is 11.9 Å². The number of hydrogen-bond acceptors (Lipinski definition) is 4. The molecule has 22 heavy (non-hydrogen) atoms. The van der Waals surface area contributed by atoms with E-state index in [1.165, 1.54) is 0 Å². The van der Waals surface area contributed by atoms with Crippen LogP contribution in [0.15, 0.2) is 23.3 Å². The zero-order chi connectivity index (χ0) is 16.2. The van der Waals surface area contributed by atoms with E-state index < -0.39 is 0 Å². The molecule has 0 atom stereocenters. The molecule has 124 valence electrons. The van der Waals surface area contributed by atoms with Crippen molar-refractivity contribution in [2.45, 2.75) is 65.2 Å². The Hall–Kier alpha value is -1.58. The molecule has 4 heteroatoms. The fourth-order valence-electron chi connectivity index (χ4n) is 2.28. The summed E-state index contributed by atoms with van der Waals surface area (Å²) in [5, 5.41) is 0. The predicted molar refractivity (Wildman–Crippen MR) is 86.4 cm³/mol. The van der Waals surface area contributed by atoms with Crippen molar-refractivity contribution in [2.24, 2.45) is 0 Å². The molecule has 1 fully saturated rings. The van der Waals surface area contributed by atoms with E-state index in [9.17, 15) is 9.59 Å². The van der Waals surface area contributed by atoms with Crippen molar-refractivity contribution in [1.82, 2.24) is 0 Å². The Bertz CT molecular complexity index is 381. The van der Waals surface area contributed by atoms with Crippen LogP contribution in [0.25, 0.3) is 0 Å². The normalized spacial score (nSPS) is 18.5. The van der Waals surface area contributed by atoms with Crippen molar-refractivity contribution >= 4 is 11.9 Å². The molecule has 0 aliphatic heterocycles. The highest BCUT2D eigenvalue weighted by molar-refractivity contribution is 5.87. The molecule has 4 nitrogen and oxygen atoms in total. The average Bonchev–Trinajstić information content (AvgIpc) is 2.50. The Labute approximate surface area is 133 Å². The van der Waals surface area contributed by atoms with Crippen molar-refractivity contribution in [1.29, 1.82) is 0 Å². The van der Waals surface area contributed by atoms with Gasteiger partial charge in [0.15, 0.2) is 0 Å². The number of carbonyl (C=O) groups excluding carboxylic acids is 2.